The molecule has 0 amide bonds. The van der Waals surface area contributed by atoms with Crippen LogP contribution >= 0.6 is 11.3 Å². The van der Waals surface area contributed by atoms with Crippen LogP contribution in [0, 0.1) is 0 Å². The van der Waals surface area contributed by atoms with Crippen LogP contribution in [0.4, 0.5) is 34.1 Å². The lowest BCUT2D eigenvalue weighted by Crippen LogP contribution is -2.12. The van der Waals surface area contributed by atoms with Crippen molar-refractivity contribution in [3.8, 4) is 11.5 Å². The van der Waals surface area contributed by atoms with E-state index in [2.05, 4.69) is 180 Å². The summed E-state index contributed by atoms with van der Waals surface area (Å²) in [5.74, 6) is 0.561. The molecule has 6 heteroatoms. The first-order chi connectivity index (χ1) is 29.3. The molecule has 12 aromatic rings. The molecular formula is C53H33N3O2S. The number of anilines is 6. The Morgan fingerprint density at radius 3 is 1.88 bits per heavy atom. The second-order valence-corrected chi connectivity index (χ2v) is 15.8. The topological polar surface area (TPSA) is 45.7 Å². The van der Waals surface area contributed by atoms with E-state index >= 15 is 0 Å². The first kappa shape index (κ1) is 33.5. The smallest absolute Gasteiger partial charge is 0.227 e. The molecule has 0 bridgehead atoms. The van der Waals surface area contributed by atoms with Gasteiger partial charge in [0.2, 0.25) is 5.89 Å². The Morgan fingerprint density at radius 1 is 0.424 bits per heavy atom. The maximum atomic E-state index is 7.07. The summed E-state index contributed by atoms with van der Waals surface area (Å²) < 4.78 is 15.8. The predicted octanol–water partition coefficient (Wildman–Crippen LogP) is 15.9. The molecule has 0 spiro atoms. The first-order valence-electron chi connectivity index (χ1n) is 19.7. The van der Waals surface area contributed by atoms with Crippen LogP contribution in [0.3, 0.4) is 0 Å². The Morgan fingerprint density at radius 2 is 1.07 bits per heavy atom. The highest BCUT2D eigenvalue weighted by Crippen LogP contribution is 2.50. The SMILES string of the molecule is c1ccc(-c2nc3c(N(c4ccccc4)c4ccc5oc6ccccc6c5c4)cc4cccc(N(c5ccccc5)c5cccc6c5sc5ccccc56)c4c3o2)cc1. The zero-order chi connectivity index (χ0) is 38.9. The highest BCUT2D eigenvalue weighted by Gasteiger charge is 2.27. The van der Waals surface area contributed by atoms with Crippen molar-refractivity contribution in [2.75, 3.05) is 9.80 Å². The van der Waals surface area contributed by atoms with E-state index in [9.17, 15) is 0 Å². The number of rotatable bonds is 7. The van der Waals surface area contributed by atoms with Gasteiger partial charge in [0, 0.05) is 48.9 Å². The fourth-order valence-electron chi connectivity index (χ4n) is 8.62. The molecule has 0 aliphatic heterocycles. The van der Waals surface area contributed by atoms with Gasteiger partial charge in [-0.05, 0) is 90.3 Å². The van der Waals surface area contributed by atoms with Crippen molar-refractivity contribution in [1.82, 2.24) is 4.98 Å². The summed E-state index contributed by atoms with van der Waals surface area (Å²) in [5, 5.41) is 6.64. The van der Waals surface area contributed by atoms with Crippen molar-refractivity contribution in [3.63, 3.8) is 0 Å². The van der Waals surface area contributed by atoms with E-state index in [0.29, 0.717) is 11.5 Å². The summed E-state index contributed by atoms with van der Waals surface area (Å²) in [6, 6.07) is 70.1. The van der Waals surface area contributed by atoms with Gasteiger partial charge in [-0.25, -0.2) is 4.98 Å². The number of aromatic nitrogens is 1. The van der Waals surface area contributed by atoms with Gasteiger partial charge in [-0.1, -0.05) is 115 Å². The third-order valence-electron chi connectivity index (χ3n) is 11.2. The molecule has 3 heterocycles. The Bertz CT molecular complexity index is 3520. The van der Waals surface area contributed by atoms with Gasteiger partial charge in [-0.2, -0.15) is 0 Å². The van der Waals surface area contributed by atoms with Crippen LogP contribution in [0.2, 0.25) is 0 Å². The fraction of sp³-hybridized carbons (Fsp3) is 0. The van der Waals surface area contributed by atoms with Crippen molar-refractivity contribution in [2.45, 2.75) is 0 Å². The van der Waals surface area contributed by atoms with Crippen LogP contribution in [-0.4, -0.2) is 4.98 Å². The molecule has 5 nitrogen and oxygen atoms in total. The number of benzene rings is 9. The van der Waals surface area contributed by atoms with Gasteiger partial charge in [0.1, 0.15) is 16.7 Å². The van der Waals surface area contributed by atoms with E-state index < -0.39 is 0 Å². The zero-order valence-corrected chi connectivity index (χ0v) is 32.4. The van der Waals surface area contributed by atoms with E-state index in [-0.39, 0.29) is 0 Å². The normalized spacial score (nSPS) is 11.7. The molecule has 0 aliphatic carbocycles. The highest BCUT2D eigenvalue weighted by molar-refractivity contribution is 7.26. The van der Waals surface area contributed by atoms with Gasteiger partial charge in [-0.3, -0.25) is 0 Å². The van der Waals surface area contributed by atoms with Crippen LogP contribution in [-0.2, 0) is 0 Å². The molecule has 0 N–H and O–H groups in total. The standard InChI is InChI=1S/C53H33N3O2S/c1-4-16-34(17-5-1)53-54-50-45(55(36-19-6-2-7-20-36)38-30-31-47-42(33-38)39-23-10-12-28-46(39)57-47)32-35-18-14-26-43(49(35)51(50)58-53)56(37-21-8-3-9-22-37)44-27-15-25-41-40-24-11-13-29-48(40)59-52(41)44/h1-33H. The Labute approximate surface area is 343 Å². The summed E-state index contributed by atoms with van der Waals surface area (Å²) in [6.45, 7) is 0. The van der Waals surface area contributed by atoms with E-state index in [4.69, 9.17) is 13.8 Å². The average molecular weight is 776 g/mol. The van der Waals surface area contributed by atoms with E-state index in [0.717, 1.165) is 77.9 Å². The van der Waals surface area contributed by atoms with Crippen molar-refractivity contribution in [1.29, 1.82) is 0 Å². The minimum atomic E-state index is 0.561. The molecule has 9 aromatic carbocycles. The van der Waals surface area contributed by atoms with Crippen LogP contribution in [0.15, 0.2) is 209 Å². The molecule has 12 rings (SSSR count). The molecule has 0 fully saturated rings. The van der Waals surface area contributed by atoms with Gasteiger partial charge in [0.05, 0.1) is 27.1 Å². The third-order valence-corrected chi connectivity index (χ3v) is 12.4. The zero-order valence-electron chi connectivity index (χ0n) is 31.6. The third kappa shape index (κ3) is 5.42. The molecule has 0 saturated carbocycles. The van der Waals surface area contributed by atoms with Crippen LogP contribution in [0.25, 0.3) is 75.4 Å². The largest absolute Gasteiger partial charge is 0.456 e. The Kier molecular flexibility index (Phi) is 7.64. The summed E-state index contributed by atoms with van der Waals surface area (Å²) in [4.78, 5) is 10.1. The number of hydrogen-bond donors (Lipinski definition) is 0. The maximum Gasteiger partial charge on any atom is 0.227 e. The molecule has 0 unspecified atom stereocenters. The number of para-hydroxylation sites is 3. The Hall–Kier alpha value is -7.67. The van der Waals surface area contributed by atoms with Crippen LogP contribution in [0.1, 0.15) is 0 Å². The quantitative estimate of drug-likeness (QED) is 0.161. The summed E-state index contributed by atoms with van der Waals surface area (Å²) in [6.07, 6.45) is 0. The molecule has 3 aromatic heterocycles. The lowest BCUT2D eigenvalue weighted by atomic mass is 10.0. The number of nitrogens with zero attached hydrogens (tertiary/aromatic N) is 3. The Balaban J connectivity index is 1.17. The molecular weight excluding hydrogens is 743 g/mol. The summed E-state index contributed by atoms with van der Waals surface area (Å²) in [7, 11) is 0. The van der Waals surface area contributed by atoms with E-state index in [1.54, 1.807) is 0 Å². The van der Waals surface area contributed by atoms with Crippen molar-refractivity contribution < 1.29 is 8.83 Å². The fourth-order valence-corrected chi connectivity index (χ4v) is 9.82. The molecule has 0 atom stereocenters. The van der Waals surface area contributed by atoms with Crippen LogP contribution in [0.5, 0.6) is 0 Å². The molecule has 0 radical (unpaired) electrons. The number of oxazole rings is 1. The second kappa shape index (κ2) is 13.5. The minimum Gasteiger partial charge on any atom is -0.456 e. The molecule has 59 heavy (non-hydrogen) atoms. The van der Waals surface area contributed by atoms with Gasteiger partial charge in [0.25, 0.3) is 0 Å². The van der Waals surface area contributed by atoms with Gasteiger partial charge in [0.15, 0.2) is 5.58 Å². The molecule has 278 valence electrons. The predicted molar refractivity (Wildman–Crippen MR) is 246 cm³/mol. The van der Waals surface area contributed by atoms with Gasteiger partial charge < -0.3 is 18.6 Å². The summed E-state index contributed by atoms with van der Waals surface area (Å²) in [5.41, 5.74) is 10.2. The number of hydrogen-bond acceptors (Lipinski definition) is 6. The van der Waals surface area contributed by atoms with Gasteiger partial charge >= 0.3 is 0 Å². The van der Waals surface area contributed by atoms with Gasteiger partial charge in [-0.15, -0.1) is 11.3 Å². The monoisotopic (exact) mass is 775 g/mol. The highest BCUT2D eigenvalue weighted by atomic mass is 32.1. The minimum absolute atomic E-state index is 0.561. The maximum absolute atomic E-state index is 7.07. The van der Waals surface area contributed by atoms with Crippen molar-refractivity contribution in [3.05, 3.63) is 200 Å². The first-order valence-corrected chi connectivity index (χ1v) is 20.5. The average Bonchev–Trinajstić information content (AvgIpc) is 4.02. The number of thiophene rings is 1. The number of furan rings is 1. The summed E-state index contributed by atoms with van der Waals surface area (Å²) >= 11 is 1.83. The van der Waals surface area contributed by atoms with Crippen molar-refractivity contribution in [2.24, 2.45) is 0 Å². The molecule has 0 aliphatic rings. The van der Waals surface area contributed by atoms with Crippen LogP contribution < -0.4 is 9.80 Å². The van der Waals surface area contributed by atoms with Crippen molar-refractivity contribution >= 4 is 109 Å². The lowest BCUT2D eigenvalue weighted by molar-refractivity contribution is 0.623. The molecule has 0 saturated heterocycles. The second-order valence-electron chi connectivity index (χ2n) is 14.7. The van der Waals surface area contributed by atoms with E-state index in [1.165, 1.54) is 20.2 Å². The lowest BCUT2D eigenvalue weighted by Gasteiger charge is -2.29. The van der Waals surface area contributed by atoms with E-state index in [1.807, 2.05) is 41.7 Å². The number of fused-ring (bicyclic) bond motifs is 9.